The zero-order valence-electron chi connectivity index (χ0n) is 8.04. The molecule has 3 heteroatoms. The van der Waals surface area contributed by atoms with Gasteiger partial charge in [-0.1, -0.05) is 13.8 Å². The molecular formula is C9H18O2S. The number of carbonyl (C=O) groups is 1. The summed E-state index contributed by atoms with van der Waals surface area (Å²) in [6.07, 6.45) is 1.71. The molecule has 0 fully saturated rings. The molecule has 0 heterocycles. The molecule has 2 atom stereocenters. The molecule has 0 radical (unpaired) electrons. The second kappa shape index (κ2) is 6.35. The van der Waals surface area contributed by atoms with E-state index >= 15 is 0 Å². The minimum Gasteiger partial charge on any atom is -0.462 e. The van der Waals surface area contributed by atoms with Gasteiger partial charge in [0.1, 0.15) is 0 Å². The van der Waals surface area contributed by atoms with Crippen molar-refractivity contribution in [2.75, 3.05) is 5.75 Å². The minimum absolute atomic E-state index is 0.0337. The fourth-order valence-corrected chi connectivity index (χ4v) is 1.16. The molecule has 0 aliphatic carbocycles. The monoisotopic (exact) mass is 190 g/mol. The molecule has 0 N–H and O–H groups in total. The van der Waals surface area contributed by atoms with Crippen LogP contribution in [0.4, 0.5) is 0 Å². The van der Waals surface area contributed by atoms with Gasteiger partial charge < -0.3 is 4.74 Å². The van der Waals surface area contributed by atoms with Crippen molar-refractivity contribution in [3.8, 4) is 0 Å². The summed E-state index contributed by atoms with van der Waals surface area (Å²) in [7, 11) is 0. The maximum Gasteiger partial charge on any atom is 0.310 e. The lowest BCUT2D eigenvalue weighted by Crippen LogP contribution is -2.22. The van der Waals surface area contributed by atoms with E-state index in [9.17, 15) is 4.79 Å². The van der Waals surface area contributed by atoms with Crippen LogP contribution in [0.1, 0.15) is 33.6 Å². The molecule has 2 unspecified atom stereocenters. The van der Waals surface area contributed by atoms with E-state index in [4.69, 9.17) is 4.74 Å². The normalized spacial score (nSPS) is 15.3. The summed E-state index contributed by atoms with van der Waals surface area (Å²) in [6, 6.07) is 0. The highest BCUT2D eigenvalue weighted by atomic mass is 32.1. The van der Waals surface area contributed by atoms with Gasteiger partial charge in [0, 0.05) is 5.75 Å². The van der Waals surface area contributed by atoms with E-state index in [0.29, 0.717) is 5.75 Å². The minimum atomic E-state index is -0.109. The molecule has 12 heavy (non-hydrogen) atoms. The van der Waals surface area contributed by atoms with Crippen molar-refractivity contribution in [3.05, 3.63) is 0 Å². The third kappa shape index (κ3) is 4.00. The number of ether oxygens (including phenoxy) is 1. The van der Waals surface area contributed by atoms with Crippen LogP contribution in [0.2, 0.25) is 0 Å². The van der Waals surface area contributed by atoms with Gasteiger partial charge >= 0.3 is 5.97 Å². The number of esters is 1. The second-order valence-corrected chi connectivity index (χ2v) is 3.31. The quantitative estimate of drug-likeness (QED) is 0.532. The van der Waals surface area contributed by atoms with Crippen LogP contribution in [-0.2, 0) is 9.53 Å². The van der Waals surface area contributed by atoms with Gasteiger partial charge in [0.05, 0.1) is 12.0 Å². The van der Waals surface area contributed by atoms with Crippen LogP contribution in [0.5, 0.6) is 0 Å². The topological polar surface area (TPSA) is 26.3 Å². The third-order valence-electron chi connectivity index (χ3n) is 1.94. The molecular weight excluding hydrogens is 172 g/mol. The van der Waals surface area contributed by atoms with Crippen molar-refractivity contribution in [1.29, 1.82) is 0 Å². The standard InChI is InChI=1S/C9H18O2S/c1-4-7(3)11-9(10)8(5-2)6-12/h7-8,12H,4-6H2,1-3H3. The molecule has 0 aromatic heterocycles. The van der Waals surface area contributed by atoms with Crippen molar-refractivity contribution >= 4 is 18.6 Å². The van der Waals surface area contributed by atoms with Gasteiger partial charge in [-0.3, -0.25) is 4.79 Å². The Kier molecular flexibility index (Phi) is 6.25. The average molecular weight is 190 g/mol. The van der Waals surface area contributed by atoms with Gasteiger partial charge in [0.15, 0.2) is 0 Å². The fraction of sp³-hybridized carbons (Fsp3) is 0.889. The molecule has 72 valence electrons. The zero-order chi connectivity index (χ0) is 9.56. The Morgan fingerprint density at radius 2 is 2.00 bits per heavy atom. The summed E-state index contributed by atoms with van der Waals surface area (Å²) < 4.78 is 5.16. The smallest absolute Gasteiger partial charge is 0.310 e. The molecule has 0 amide bonds. The number of thiol groups is 1. The molecule has 0 aliphatic heterocycles. The first-order chi connectivity index (χ1) is 5.65. The molecule has 0 bridgehead atoms. The lowest BCUT2D eigenvalue weighted by molar-refractivity contribution is -0.152. The maximum absolute atomic E-state index is 11.3. The molecule has 0 aliphatic rings. The summed E-state index contributed by atoms with van der Waals surface area (Å²) in [5.74, 6) is 0.426. The molecule has 0 rings (SSSR count). The van der Waals surface area contributed by atoms with Gasteiger partial charge in [0.2, 0.25) is 0 Å². The molecule has 0 saturated heterocycles. The van der Waals surface area contributed by atoms with Gasteiger partial charge in [-0.05, 0) is 19.8 Å². The van der Waals surface area contributed by atoms with Crippen LogP contribution >= 0.6 is 12.6 Å². The van der Waals surface area contributed by atoms with Crippen LogP contribution in [0.3, 0.4) is 0 Å². The second-order valence-electron chi connectivity index (χ2n) is 2.94. The Hall–Kier alpha value is -0.180. The van der Waals surface area contributed by atoms with Gasteiger partial charge in [-0.2, -0.15) is 12.6 Å². The maximum atomic E-state index is 11.3. The highest BCUT2D eigenvalue weighted by Crippen LogP contribution is 2.09. The first-order valence-electron chi connectivity index (χ1n) is 4.47. The predicted molar refractivity (Wildman–Crippen MR) is 53.5 cm³/mol. The number of rotatable bonds is 5. The molecule has 0 saturated carbocycles. The fourth-order valence-electron chi connectivity index (χ4n) is 0.748. The highest BCUT2D eigenvalue weighted by molar-refractivity contribution is 7.80. The van der Waals surface area contributed by atoms with Crippen molar-refractivity contribution in [3.63, 3.8) is 0 Å². The molecule has 2 nitrogen and oxygen atoms in total. The lowest BCUT2D eigenvalue weighted by Gasteiger charge is -2.15. The van der Waals surface area contributed by atoms with Crippen LogP contribution in [0, 0.1) is 5.92 Å². The number of carbonyl (C=O) groups excluding carboxylic acids is 1. The average Bonchev–Trinajstić information content (AvgIpc) is 2.06. The van der Waals surface area contributed by atoms with Crippen molar-refractivity contribution in [1.82, 2.24) is 0 Å². The SMILES string of the molecule is CCC(C)OC(=O)C(CC)CS. The Morgan fingerprint density at radius 1 is 1.42 bits per heavy atom. The Balaban J connectivity index is 3.84. The lowest BCUT2D eigenvalue weighted by atomic mass is 10.1. The number of hydrogen-bond acceptors (Lipinski definition) is 3. The Morgan fingerprint density at radius 3 is 2.33 bits per heavy atom. The van der Waals surface area contributed by atoms with Crippen LogP contribution < -0.4 is 0 Å². The van der Waals surface area contributed by atoms with Crippen molar-refractivity contribution in [2.24, 2.45) is 5.92 Å². The van der Waals surface area contributed by atoms with E-state index in [1.54, 1.807) is 0 Å². The van der Waals surface area contributed by atoms with E-state index in [0.717, 1.165) is 12.8 Å². The highest BCUT2D eigenvalue weighted by Gasteiger charge is 2.17. The van der Waals surface area contributed by atoms with Crippen LogP contribution in [-0.4, -0.2) is 17.8 Å². The largest absolute Gasteiger partial charge is 0.462 e. The van der Waals surface area contributed by atoms with E-state index < -0.39 is 0 Å². The summed E-state index contributed by atoms with van der Waals surface area (Å²) in [5.41, 5.74) is 0. The Labute approximate surface area is 80.1 Å². The van der Waals surface area contributed by atoms with Crippen LogP contribution in [0.25, 0.3) is 0 Å². The summed E-state index contributed by atoms with van der Waals surface area (Å²) >= 11 is 4.09. The van der Waals surface area contributed by atoms with Gasteiger partial charge in [0.25, 0.3) is 0 Å². The van der Waals surface area contributed by atoms with E-state index in [2.05, 4.69) is 12.6 Å². The predicted octanol–water partition coefficient (Wildman–Crippen LogP) is 2.28. The Bertz CT molecular complexity index is 132. The van der Waals surface area contributed by atoms with Crippen molar-refractivity contribution < 1.29 is 9.53 Å². The molecule has 0 aromatic rings. The molecule has 0 aromatic carbocycles. The van der Waals surface area contributed by atoms with E-state index in [-0.39, 0.29) is 18.0 Å². The van der Waals surface area contributed by atoms with Crippen LogP contribution in [0.15, 0.2) is 0 Å². The third-order valence-corrected chi connectivity index (χ3v) is 2.38. The first-order valence-corrected chi connectivity index (χ1v) is 5.10. The summed E-state index contributed by atoms with van der Waals surface area (Å²) in [4.78, 5) is 11.3. The first kappa shape index (κ1) is 11.8. The van der Waals surface area contributed by atoms with Gasteiger partial charge in [-0.15, -0.1) is 0 Å². The number of hydrogen-bond donors (Lipinski definition) is 1. The van der Waals surface area contributed by atoms with Gasteiger partial charge in [-0.25, -0.2) is 0 Å². The summed E-state index contributed by atoms with van der Waals surface area (Å²) in [5, 5.41) is 0. The van der Waals surface area contributed by atoms with E-state index in [1.807, 2.05) is 20.8 Å². The molecule has 0 spiro atoms. The van der Waals surface area contributed by atoms with E-state index in [1.165, 1.54) is 0 Å². The van der Waals surface area contributed by atoms with Crippen molar-refractivity contribution in [2.45, 2.75) is 39.7 Å². The zero-order valence-corrected chi connectivity index (χ0v) is 8.93. The summed E-state index contributed by atoms with van der Waals surface area (Å²) in [6.45, 7) is 5.88.